The highest BCUT2D eigenvalue weighted by atomic mass is 35.5. The number of ether oxygens (including phenoxy) is 1. The van der Waals surface area contributed by atoms with Gasteiger partial charge in [-0.05, 0) is 26.0 Å². The van der Waals surface area contributed by atoms with E-state index in [9.17, 15) is 4.79 Å². The van der Waals surface area contributed by atoms with Crippen molar-refractivity contribution < 1.29 is 14.1 Å². The number of hydrogen-bond donors (Lipinski definition) is 1. The molecule has 4 rings (SSSR count). The lowest BCUT2D eigenvalue weighted by molar-refractivity contribution is 0.0949. The molecule has 1 N–H and O–H groups in total. The molecule has 3 heterocycles. The first-order chi connectivity index (χ1) is 14.5. The summed E-state index contributed by atoms with van der Waals surface area (Å²) in [4.78, 5) is 24.2. The summed E-state index contributed by atoms with van der Waals surface area (Å²) < 4.78 is 10.7. The Morgan fingerprint density at radius 3 is 2.73 bits per heavy atom. The molecule has 1 aliphatic heterocycles. The fraction of sp³-hybridized carbons (Fsp3) is 0.333. The van der Waals surface area contributed by atoms with Crippen LogP contribution in [-0.2, 0) is 11.3 Å². The van der Waals surface area contributed by atoms with E-state index in [-0.39, 0.29) is 12.5 Å². The second-order valence-corrected chi connectivity index (χ2v) is 7.43. The maximum atomic E-state index is 13.0. The second-order valence-electron chi connectivity index (χ2n) is 7.02. The van der Waals surface area contributed by atoms with E-state index in [1.165, 1.54) is 0 Å². The number of hydrogen-bond acceptors (Lipinski definition) is 7. The fourth-order valence-corrected chi connectivity index (χ4v) is 3.57. The summed E-state index contributed by atoms with van der Waals surface area (Å²) in [5.41, 5.74) is 3.00. The van der Waals surface area contributed by atoms with Crippen LogP contribution in [0.5, 0.6) is 0 Å². The summed E-state index contributed by atoms with van der Waals surface area (Å²) >= 11 is 6.28. The Bertz CT molecular complexity index is 1060. The highest BCUT2D eigenvalue weighted by Gasteiger charge is 2.23. The van der Waals surface area contributed by atoms with Crippen LogP contribution in [0.4, 0.5) is 5.95 Å². The number of anilines is 1. The molecule has 0 bridgehead atoms. The maximum absolute atomic E-state index is 13.0. The SMILES string of the molecule is Cc1cc(CNC(=O)c2c(-c3ccccc3Cl)noc2C)nc(N2CCOCC2)n1. The molecule has 0 unspecified atom stereocenters. The first-order valence-electron chi connectivity index (χ1n) is 9.69. The number of aromatic nitrogens is 3. The van der Waals surface area contributed by atoms with Gasteiger partial charge in [0.1, 0.15) is 17.0 Å². The van der Waals surface area contributed by atoms with E-state index < -0.39 is 0 Å². The molecule has 8 nitrogen and oxygen atoms in total. The third-order valence-corrected chi connectivity index (χ3v) is 5.17. The summed E-state index contributed by atoms with van der Waals surface area (Å²) in [6.07, 6.45) is 0. The van der Waals surface area contributed by atoms with Crippen molar-refractivity contribution in [3.05, 3.63) is 58.1 Å². The lowest BCUT2D eigenvalue weighted by Crippen LogP contribution is -2.37. The zero-order chi connectivity index (χ0) is 21.1. The quantitative estimate of drug-likeness (QED) is 0.668. The minimum Gasteiger partial charge on any atom is -0.378 e. The van der Waals surface area contributed by atoms with Crippen LogP contribution < -0.4 is 10.2 Å². The molecule has 0 radical (unpaired) electrons. The number of carbonyl (C=O) groups excluding carboxylic acids is 1. The van der Waals surface area contributed by atoms with Crippen LogP contribution in [0.25, 0.3) is 11.3 Å². The standard InChI is InChI=1S/C21H22ClN5O3/c1-13-11-15(25-21(24-13)27-7-9-29-10-8-27)12-23-20(28)18-14(2)30-26-19(18)16-5-3-4-6-17(16)22/h3-6,11H,7-10,12H2,1-2H3,(H,23,28). The minimum absolute atomic E-state index is 0.256. The molecule has 0 saturated carbocycles. The molecular weight excluding hydrogens is 406 g/mol. The van der Waals surface area contributed by atoms with Gasteiger partial charge >= 0.3 is 0 Å². The number of carbonyl (C=O) groups is 1. The molecule has 0 aliphatic carbocycles. The first kappa shape index (κ1) is 20.3. The van der Waals surface area contributed by atoms with Gasteiger partial charge in [0.15, 0.2) is 0 Å². The summed E-state index contributed by atoms with van der Waals surface area (Å²) in [6, 6.07) is 9.07. The lowest BCUT2D eigenvalue weighted by Gasteiger charge is -2.27. The molecular formula is C21H22ClN5O3. The Kier molecular flexibility index (Phi) is 5.96. The van der Waals surface area contributed by atoms with Crippen molar-refractivity contribution in [2.75, 3.05) is 31.2 Å². The third-order valence-electron chi connectivity index (χ3n) is 4.84. The Hall–Kier alpha value is -2.97. The van der Waals surface area contributed by atoms with Gasteiger partial charge in [0, 0.05) is 24.3 Å². The van der Waals surface area contributed by atoms with E-state index in [2.05, 4.69) is 25.3 Å². The first-order valence-corrected chi connectivity index (χ1v) is 10.1. The predicted octanol–water partition coefficient (Wildman–Crippen LogP) is 3.17. The molecule has 156 valence electrons. The topological polar surface area (TPSA) is 93.4 Å². The Morgan fingerprint density at radius 1 is 1.20 bits per heavy atom. The van der Waals surface area contributed by atoms with Crippen LogP contribution in [0.2, 0.25) is 5.02 Å². The number of nitrogens with one attached hydrogen (secondary N) is 1. The molecule has 30 heavy (non-hydrogen) atoms. The van der Waals surface area contributed by atoms with E-state index in [0.29, 0.717) is 46.8 Å². The van der Waals surface area contributed by atoms with Crippen LogP contribution in [0.3, 0.4) is 0 Å². The van der Waals surface area contributed by atoms with Gasteiger partial charge in [-0.25, -0.2) is 9.97 Å². The van der Waals surface area contributed by atoms with Crippen LogP contribution in [0.1, 0.15) is 27.5 Å². The van der Waals surface area contributed by atoms with Gasteiger partial charge in [0.05, 0.1) is 30.5 Å². The highest BCUT2D eigenvalue weighted by Crippen LogP contribution is 2.31. The average Bonchev–Trinajstić information content (AvgIpc) is 3.14. The molecule has 1 amide bonds. The van der Waals surface area contributed by atoms with Crippen LogP contribution >= 0.6 is 11.6 Å². The Balaban J connectivity index is 1.53. The molecule has 1 aromatic carbocycles. The number of benzene rings is 1. The van der Waals surface area contributed by atoms with Crippen LogP contribution in [0.15, 0.2) is 34.9 Å². The maximum Gasteiger partial charge on any atom is 0.257 e. The van der Waals surface area contributed by atoms with Gasteiger partial charge < -0.3 is 19.5 Å². The summed E-state index contributed by atoms with van der Waals surface area (Å²) in [5, 5.41) is 7.46. The zero-order valence-corrected chi connectivity index (χ0v) is 17.6. The zero-order valence-electron chi connectivity index (χ0n) is 16.8. The van der Waals surface area contributed by atoms with Gasteiger partial charge in [0.2, 0.25) is 5.95 Å². The normalized spacial score (nSPS) is 14.0. The number of aryl methyl sites for hydroxylation is 2. The number of amides is 1. The molecule has 0 spiro atoms. The summed E-state index contributed by atoms with van der Waals surface area (Å²) in [5.74, 6) is 0.781. The molecule has 3 aromatic rings. The largest absolute Gasteiger partial charge is 0.378 e. The summed E-state index contributed by atoms with van der Waals surface area (Å²) in [7, 11) is 0. The molecule has 9 heteroatoms. The fourth-order valence-electron chi connectivity index (χ4n) is 3.35. The van der Waals surface area contributed by atoms with Crippen molar-refractivity contribution in [1.82, 2.24) is 20.4 Å². The van der Waals surface area contributed by atoms with Crippen LogP contribution in [-0.4, -0.2) is 47.3 Å². The molecule has 2 aromatic heterocycles. The smallest absolute Gasteiger partial charge is 0.257 e. The van der Waals surface area contributed by atoms with Gasteiger partial charge in [-0.1, -0.05) is 35.0 Å². The monoisotopic (exact) mass is 427 g/mol. The van der Waals surface area contributed by atoms with Crippen LogP contribution in [0, 0.1) is 13.8 Å². The second kappa shape index (κ2) is 8.81. The van der Waals surface area contributed by atoms with Crippen molar-refractivity contribution in [1.29, 1.82) is 0 Å². The predicted molar refractivity (Wildman–Crippen MR) is 113 cm³/mol. The molecule has 1 saturated heterocycles. The van der Waals surface area contributed by atoms with Gasteiger partial charge in [-0.2, -0.15) is 0 Å². The summed E-state index contributed by atoms with van der Waals surface area (Å²) in [6.45, 7) is 6.67. The average molecular weight is 428 g/mol. The lowest BCUT2D eigenvalue weighted by atomic mass is 10.1. The van der Waals surface area contributed by atoms with Gasteiger partial charge in [-0.15, -0.1) is 0 Å². The molecule has 1 fully saturated rings. The highest BCUT2D eigenvalue weighted by molar-refractivity contribution is 6.33. The number of morpholine rings is 1. The van der Waals surface area contributed by atoms with E-state index in [4.69, 9.17) is 20.9 Å². The Morgan fingerprint density at radius 2 is 1.97 bits per heavy atom. The van der Waals surface area contributed by atoms with Gasteiger partial charge in [0.25, 0.3) is 5.91 Å². The van der Waals surface area contributed by atoms with Crippen molar-refractivity contribution in [2.45, 2.75) is 20.4 Å². The van der Waals surface area contributed by atoms with Crippen molar-refractivity contribution in [3.63, 3.8) is 0 Å². The van der Waals surface area contributed by atoms with Crippen molar-refractivity contribution in [3.8, 4) is 11.3 Å². The van der Waals surface area contributed by atoms with E-state index >= 15 is 0 Å². The Labute approximate surface area is 179 Å². The molecule has 0 atom stereocenters. The van der Waals surface area contributed by atoms with Crippen molar-refractivity contribution in [2.24, 2.45) is 0 Å². The van der Waals surface area contributed by atoms with E-state index in [1.54, 1.807) is 19.1 Å². The molecule has 1 aliphatic rings. The number of rotatable bonds is 5. The third kappa shape index (κ3) is 4.29. The minimum atomic E-state index is -0.298. The van der Waals surface area contributed by atoms with E-state index in [0.717, 1.165) is 24.5 Å². The van der Waals surface area contributed by atoms with E-state index in [1.807, 2.05) is 25.1 Å². The number of halogens is 1. The number of nitrogens with zero attached hydrogens (tertiary/aromatic N) is 4. The van der Waals surface area contributed by atoms with Gasteiger partial charge in [-0.3, -0.25) is 4.79 Å². The van der Waals surface area contributed by atoms with Crippen molar-refractivity contribution >= 4 is 23.5 Å².